The number of hydrogen-bond acceptors (Lipinski definition) is 5. The van der Waals surface area contributed by atoms with E-state index in [2.05, 4.69) is 0 Å². The van der Waals surface area contributed by atoms with Gasteiger partial charge in [-0.1, -0.05) is 11.6 Å². The van der Waals surface area contributed by atoms with Gasteiger partial charge < -0.3 is 14.8 Å². The van der Waals surface area contributed by atoms with Crippen molar-refractivity contribution in [2.45, 2.75) is 25.8 Å². The van der Waals surface area contributed by atoms with E-state index in [0.29, 0.717) is 33.7 Å². The predicted octanol–water partition coefficient (Wildman–Crippen LogP) is 4.67. The summed E-state index contributed by atoms with van der Waals surface area (Å²) in [5, 5.41) is 20.4. The molecule has 1 aromatic heterocycles. The van der Waals surface area contributed by atoms with Crippen LogP contribution in [0, 0.1) is 22.4 Å². The maximum atomic E-state index is 14.6. The molecule has 184 valence electrons. The van der Waals surface area contributed by atoms with Crippen molar-refractivity contribution in [2.75, 3.05) is 18.1 Å². The predicted molar refractivity (Wildman–Crippen MR) is 131 cm³/mol. The van der Waals surface area contributed by atoms with Crippen LogP contribution in [0.15, 0.2) is 60.9 Å². The number of benzene rings is 2. The molecule has 0 spiro atoms. The number of carbonyl (C=O) groups is 2. The number of amides is 3. The molecule has 4 rings (SSSR count). The van der Waals surface area contributed by atoms with E-state index in [0.717, 1.165) is 4.90 Å². The summed E-state index contributed by atoms with van der Waals surface area (Å²) in [6.45, 7) is 3.74. The number of nitrogens with zero attached hydrogens (tertiary/aromatic N) is 4. The monoisotopic (exact) mass is 508 g/mol. The number of aromatic nitrogens is 1. The first-order valence-corrected chi connectivity index (χ1v) is 11.5. The highest BCUT2D eigenvalue weighted by atomic mass is 35.5. The minimum atomic E-state index is -1.09. The summed E-state index contributed by atoms with van der Waals surface area (Å²) in [5.74, 6) is -0.576. The number of hydrogen-bond donors (Lipinski definition) is 0. The summed E-state index contributed by atoms with van der Waals surface area (Å²) in [5.41, 5.74) is 0.354. The Bertz CT molecular complexity index is 1370. The highest BCUT2D eigenvalue weighted by molar-refractivity contribution is 6.32. The maximum absolute atomic E-state index is 14.6. The number of urea groups is 1. The van der Waals surface area contributed by atoms with Gasteiger partial charge in [0.25, 0.3) is 5.91 Å². The molecule has 8 nitrogen and oxygen atoms in total. The van der Waals surface area contributed by atoms with Gasteiger partial charge in [-0.05, 0) is 56.2 Å². The van der Waals surface area contributed by atoms with Crippen LogP contribution in [0.3, 0.4) is 0 Å². The summed E-state index contributed by atoms with van der Waals surface area (Å²) >= 11 is 6.09. The third kappa shape index (κ3) is 4.68. The minimum absolute atomic E-state index is 0.153. The van der Waals surface area contributed by atoms with Gasteiger partial charge >= 0.3 is 6.03 Å². The summed E-state index contributed by atoms with van der Waals surface area (Å²) < 4.78 is 20.9. The first-order chi connectivity index (χ1) is 17.1. The molecule has 0 saturated carbocycles. The van der Waals surface area contributed by atoms with E-state index in [9.17, 15) is 19.2 Å². The van der Waals surface area contributed by atoms with Crippen LogP contribution in [0.1, 0.15) is 25.8 Å². The zero-order valence-electron chi connectivity index (χ0n) is 19.6. The van der Waals surface area contributed by atoms with Crippen LogP contribution >= 0.6 is 11.6 Å². The fourth-order valence-corrected chi connectivity index (χ4v) is 4.21. The van der Waals surface area contributed by atoms with Gasteiger partial charge in [-0.25, -0.2) is 14.1 Å². The van der Waals surface area contributed by atoms with E-state index in [-0.39, 0.29) is 23.7 Å². The Morgan fingerprint density at radius 3 is 2.50 bits per heavy atom. The third-order valence-electron chi connectivity index (χ3n) is 6.00. The number of ether oxygens (including phenoxy) is 1. The van der Waals surface area contributed by atoms with E-state index in [1.54, 1.807) is 26.0 Å². The van der Waals surface area contributed by atoms with E-state index < -0.39 is 23.3 Å². The largest absolute Gasteiger partial charge is 0.619 e. The summed E-state index contributed by atoms with van der Waals surface area (Å²) in [6, 6.07) is 13.4. The number of pyridine rings is 1. The fraction of sp³-hybridized carbons (Fsp3) is 0.231. The third-order valence-corrected chi connectivity index (χ3v) is 6.32. The zero-order chi connectivity index (χ0) is 26.0. The highest BCUT2D eigenvalue weighted by Gasteiger charge is 2.51. The molecule has 0 bridgehead atoms. The van der Waals surface area contributed by atoms with Gasteiger partial charge in [0.15, 0.2) is 12.4 Å². The van der Waals surface area contributed by atoms with Crippen LogP contribution in [0.25, 0.3) is 11.1 Å². The number of carbonyl (C=O) groups excluding carboxylic acids is 2. The molecule has 0 aliphatic carbocycles. The van der Waals surface area contributed by atoms with Crippen LogP contribution in [-0.2, 0) is 4.79 Å². The van der Waals surface area contributed by atoms with Crippen molar-refractivity contribution >= 4 is 29.2 Å². The number of halogens is 2. The Hall–Kier alpha value is -4.16. The van der Waals surface area contributed by atoms with Crippen molar-refractivity contribution in [1.82, 2.24) is 4.90 Å². The lowest BCUT2D eigenvalue weighted by Gasteiger charge is -2.27. The van der Waals surface area contributed by atoms with Gasteiger partial charge in [-0.15, -0.1) is 0 Å². The van der Waals surface area contributed by atoms with Crippen LogP contribution in [0.4, 0.5) is 14.9 Å². The standard InChI is InChI=1S/C26H22ClFN4O4/c1-26(2)24(33)32(19-5-4-18(16-29)22(27)14-19)25(34)31(26)10-3-13-36-20-6-7-21(23(28)15-20)17-8-11-30(35)12-9-17/h4-9,11-12,14-15H,3,10,13H2,1-2H3. The average molecular weight is 509 g/mol. The fourth-order valence-electron chi connectivity index (χ4n) is 4.00. The molecule has 1 aliphatic heterocycles. The van der Waals surface area contributed by atoms with E-state index in [4.69, 9.17) is 21.6 Å². The van der Waals surface area contributed by atoms with Crippen LogP contribution in [0.2, 0.25) is 5.02 Å². The normalized spacial score (nSPS) is 14.8. The molecule has 2 heterocycles. The molecule has 2 aromatic carbocycles. The number of rotatable bonds is 7. The Balaban J connectivity index is 1.39. The molecule has 1 saturated heterocycles. The van der Waals surface area contributed by atoms with E-state index in [1.165, 1.54) is 53.7 Å². The molecule has 0 N–H and O–H groups in total. The summed E-state index contributed by atoms with van der Waals surface area (Å²) in [4.78, 5) is 28.7. The van der Waals surface area contributed by atoms with Crippen molar-refractivity contribution in [3.8, 4) is 22.9 Å². The minimum Gasteiger partial charge on any atom is -0.619 e. The average Bonchev–Trinajstić information content (AvgIpc) is 3.01. The number of imide groups is 1. The van der Waals surface area contributed by atoms with Crippen molar-refractivity contribution in [2.24, 2.45) is 0 Å². The molecule has 10 heteroatoms. The quantitative estimate of drug-likeness (QED) is 0.200. The zero-order valence-corrected chi connectivity index (χ0v) is 20.3. The van der Waals surface area contributed by atoms with Crippen molar-refractivity contribution in [3.05, 3.63) is 82.5 Å². The molecule has 3 amide bonds. The van der Waals surface area contributed by atoms with Crippen molar-refractivity contribution in [3.63, 3.8) is 0 Å². The van der Waals surface area contributed by atoms with E-state index in [1.807, 2.05) is 6.07 Å². The maximum Gasteiger partial charge on any atom is 0.332 e. The van der Waals surface area contributed by atoms with Crippen molar-refractivity contribution < 1.29 is 23.4 Å². The number of anilines is 1. The van der Waals surface area contributed by atoms with Gasteiger partial charge in [0.05, 0.1) is 22.9 Å². The Kier molecular flexibility index (Phi) is 6.82. The second-order valence-electron chi connectivity index (χ2n) is 8.70. The van der Waals surface area contributed by atoms with Gasteiger partial charge in [0.1, 0.15) is 23.2 Å². The van der Waals surface area contributed by atoms with Crippen molar-refractivity contribution in [1.29, 1.82) is 5.26 Å². The molecular weight excluding hydrogens is 487 g/mol. The van der Waals surface area contributed by atoms with Crippen LogP contribution in [-0.4, -0.2) is 35.5 Å². The number of nitriles is 1. The first kappa shape index (κ1) is 24.9. The molecule has 0 unspecified atom stereocenters. The molecule has 3 aromatic rings. The molecule has 0 radical (unpaired) electrons. The Labute approximate surface area is 212 Å². The second-order valence-corrected chi connectivity index (χ2v) is 9.11. The molecule has 1 aliphatic rings. The van der Waals surface area contributed by atoms with E-state index >= 15 is 0 Å². The lowest BCUT2D eigenvalue weighted by atomic mass is 10.0. The van der Waals surface area contributed by atoms with Gasteiger partial charge in [0, 0.05) is 30.3 Å². The highest BCUT2D eigenvalue weighted by Crippen LogP contribution is 2.34. The molecule has 0 atom stereocenters. The smallest absolute Gasteiger partial charge is 0.332 e. The van der Waals surface area contributed by atoms with Crippen LogP contribution in [0.5, 0.6) is 5.75 Å². The topological polar surface area (TPSA) is 101 Å². The summed E-state index contributed by atoms with van der Waals surface area (Å²) in [6.07, 6.45) is 2.99. The Morgan fingerprint density at radius 2 is 1.86 bits per heavy atom. The van der Waals surface area contributed by atoms with Gasteiger partial charge in [0.2, 0.25) is 0 Å². The SMILES string of the molecule is CC1(C)C(=O)N(c2ccc(C#N)c(Cl)c2)C(=O)N1CCCOc1ccc(-c2cc[n+]([O-])cc2)c(F)c1. The lowest BCUT2D eigenvalue weighted by molar-refractivity contribution is -0.605. The molecular formula is C26H22ClFN4O4. The first-order valence-electron chi connectivity index (χ1n) is 11.1. The van der Waals surface area contributed by atoms with Gasteiger partial charge in [-0.2, -0.15) is 9.99 Å². The lowest BCUT2D eigenvalue weighted by Crippen LogP contribution is -2.44. The summed E-state index contributed by atoms with van der Waals surface area (Å²) in [7, 11) is 0. The molecule has 1 fully saturated rings. The van der Waals surface area contributed by atoms with Crippen LogP contribution < -0.4 is 14.4 Å². The second kappa shape index (κ2) is 9.84. The Morgan fingerprint density at radius 1 is 1.14 bits per heavy atom. The van der Waals surface area contributed by atoms with Gasteiger partial charge in [-0.3, -0.25) is 4.79 Å². The molecule has 36 heavy (non-hydrogen) atoms.